The summed E-state index contributed by atoms with van der Waals surface area (Å²) in [6, 6.07) is 27.6. The van der Waals surface area contributed by atoms with Crippen LogP contribution in [0, 0.1) is 5.92 Å². The number of ether oxygens (including phenoxy) is 1. The van der Waals surface area contributed by atoms with Gasteiger partial charge in [-0.25, -0.2) is 4.79 Å². The number of nitrogens with zero attached hydrogens (tertiary/aromatic N) is 2. The molecule has 6 nitrogen and oxygen atoms in total. The minimum atomic E-state index is -0.709. The van der Waals surface area contributed by atoms with Crippen molar-refractivity contribution in [2.45, 2.75) is 25.3 Å². The molecule has 1 saturated heterocycles. The first-order valence-corrected chi connectivity index (χ1v) is 12.0. The molecule has 0 bridgehead atoms. The maximum Gasteiger partial charge on any atom is 0.328 e. The average Bonchev–Trinajstić information content (AvgIpc) is 3.39. The van der Waals surface area contributed by atoms with Gasteiger partial charge in [0.1, 0.15) is 11.8 Å². The first kappa shape index (κ1) is 24.9. The van der Waals surface area contributed by atoms with E-state index in [9.17, 15) is 14.7 Å². The molecule has 1 N–H and O–H groups in total. The number of hydrogen-bond acceptors (Lipinski definition) is 5. The van der Waals surface area contributed by atoms with Gasteiger partial charge in [-0.1, -0.05) is 91.0 Å². The lowest BCUT2D eigenvalue weighted by molar-refractivity contribution is -0.151. The topological polar surface area (TPSA) is 79.2 Å². The van der Waals surface area contributed by atoms with E-state index in [2.05, 4.69) is 4.99 Å². The molecular formula is C30H30N2O4. The summed E-state index contributed by atoms with van der Waals surface area (Å²) in [5.41, 5.74) is 3.12. The van der Waals surface area contributed by atoms with Crippen molar-refractivity contribution in [2.24, 2.45) is 10.9 Å². The number of benzene rings is 3. The van der Waals surface area contributed by atoms with Crippen LogP contribution in [0.5, 0.6) is 0 Å². The van der Waals surface area contributed by atoms with E-state index in [0.717, 1.165) is 16.8 Å². The third-order valence-corrected chi connectivity index (χ3v) is 6.62. The SMILES string of the molecule is COC(=O)[C@@H]1C[C@H](/C(C)=N/C=C(\O)c2ccccc2)CN1C(=O)C(c1ccccc1)c1ccccc1. The van der Waals surface area contributed by atoms with Crippen LogP contribution in [-0.2, 0) is 14.3 Å². The lowest BCUT2D eigenvalue weighted by Gasteiger charge is -2.28. The van der Waals surface area contributed by atoms with Gasteiger partial charge in [-0.15, -0.1) is 0 Å². The normalized spacial score (nSPS) is 18.4. The van der Waals surface area contributed by atoms with Crippen molar-refractivity contribution in [1.82, 2.24) is 4.90 Å². The Morgan fingerprint density at radius 1 is 0.944 bits per heavy atom. The van der Waals surface area contributed by atoms with Gasteiger partial charge in [0.2, 0.25) is 5.91 Å². The Balaban J connectivity index is 1.63. The summed E-state index contributed by atoms with van der Waals surface area (Å²) in [6.07, 6.45) is 1.82. The molecule has 184 valence electrons. The quantitative estimate of drug-likeness (QED) is 0.284. The van der Waals surface area contributed by atoms with Crippen LogP contribution in [0.15, 0.2) is 102 Å². The van der Waals surface area contributed by atoms with E-state index < -0.39 is 17.9 Å². The van der Waals surface area contributed by atoms with Crippen LogP contribution in [0.3, 0.4) is 0 Å². The highest BCUT2D eigenvalue weighted by molar-refractivity contribution is 5.94. The number of amides is 1. The van der Waals surface area contributed by atoms with Crippen LogP contribution in [-0.4, -0.2) is 47.3 Å². The Hall–Kier alpha value is -4.19. The standard InChI is InChI=1S/C30H30N2O4/c1-21(31-19-27(33)22-12-6-3-7-13-22)25-18-26(30(35)36-2)32(20-25)29(34)28(23-14-8-4-9-15-23)24-16-10-5-11-17-24/h3-17,19,25-26,28,33H,18,20H2,1-2H3/b27-19-,31-21+/t25-,26-/m0/s1. The van der Waals surface area contributed by atoms with Crippen molar-refractivity contribution in [1.29, 1.82) is 0 Å². The summed E-state index contributed by atoms with van der Waals surface area (Å²) in [4.78, 5) is 32.9. The minimum absolute atomic E-state index is 0.0543. The van der Waals surface area contributed by atoms with Gasteiger partial charge in [0.25, 0.3) is 0 Å². The zero-order valence-corrected chi connectivity index (χ0v) is 20.5. The van der Waals surface area contributed by atoms with Gasteiger partial charge in [0.15, 0.2) is 0 Å². The smallest absolute Gasteiger partial charge is 0.328 e. The molecule has 1 aliphatic heterocycles. The highest BCUT2D eigenvalue weighted by atomic mass is 16.5. The zero-order valence-electron chi connectivity index (χ0n) is 20.5. The van der Waals surface area contributed by atoms with Crippen LogP contribution in [0.25, 0.3) is 5.76 Å². The second-order valence-electron chi connectivity index (χ2n) is 8.87. The molecule has 0 radical (unpaired) electrons. The fourth-order valence-corrected chi connectivity index (χ4v) is 4.63. The maximum atomic E-state index is 14.0. The van der Waals surface area contributed by atoms with Crippen molar-refractivity contribution in [3.05, 3.63) is 114 Å². The van der Waals surface area contributed by atoms with Crippen molar-refractivity contribution < 1.29 is 19.4 Å². The Bertz CT molecular complexity index is 1200. The Kier molecular flexibility index (Phi) is 7.95. The molecule has 6 heteroatoms. The molecule has 1 heterocycles. The molecule has 0 aromatic heterocycles. The molecule has 1 fully saturated rings. The molecule has 1 amide bonds. The summed E-state index contributed by atoms with van der Waals surface area (Å²) in [5.74, 6) is -1.23. The van der Waals surface area contributed by atoms with E-state index in [4.69, 9.17) is 4.74 Å². The van der Waals surface area contributed by atoms with Crippen molar-refractivity contribution in [3.8, 4) is 0 Å². The summed E-state index contributed by atoms with van der Waals surface area (Å²) in [6.45, 7) is 2.19. The van der Waals surface area contributed by atoms with Gasteiger partial charge < -0.3 is 14.7 Å². The molecule has 0 spiro atoms. The van der Waals surface area contributed by atoms with E-state index in [1.807, 2.05) is 85.8 Å². The van der Waals surface area contributed by atoms with Gasteiger partial charge in [-0.2, -0.15) is 0 Å². The number of aliphatic imine (C=N–C) groups is 1. The van der Waals surface area contributed by atoms with Gasteiger partial charge in [0, 0.05) is 23.7 Å². The van der Waals surface area contributed by atoms with E-state index in [1.165, 1.54) is 13.3 Å². The Morgan fingerprint density at radius 2 is 1.47 bits per heavy atom. The van der Waals surface area contributed by atoms with Crippen molar-refractivity contribution in [3.63, 3.8) is 0 Å². The predicted molar refractivity (Wildman–Crippen MR) is 141 cm³/mol. The first-order valence-electron chi connectivity index (χ1n) is 12.0. The number of likely N-dealkylation sites (tertiary alicyclic amines) is 1. The van der Waals surface area contributed by atoms with Gasteiger partial charge in [-0.05, 0) is 24.5 Å². The molecule has 2 atom stereocenters. The van der Waals surface area contributed by atoms with E-state index in [-0.39, 0.29) is 17.6 Å². The number of aliphatic hydroxyl groups is 1. The third kappa shape index (κ3) is 5.54. The summed E-state index contributed by atoms with van der Waals surface area (Å²) in [5, 5.41) is 10.4. The lowest BCUT2D eigenvalue weighted by atomic mass is 9.90. The lowest BCUT2D eigenvalue weighted by Crippen LogP contribution is -2.43. The first-order chi connectivity index (χ1) is 17.5. The molecular weight excluding hydrogens is 452 g/mol. The number of aliphatic hydroxyl groups excluding tert-OH is 1. The average molecular weight is 483 g/mol. The van der Waals surface area contributed by atoms with E-state index in [0.29, 0.717) is 18.5 Å². The molecule has 0 aliphatic carbocycles. The van der Waals surface area contributed by atoms with E-state index in [1.54, 1.807) is 17.0 Å². The monoisotopic (exact) mass is 482 g/mol. The second kappa shape index (κ2) is 11.5. The van der Waals surface area contributed by atoms with Crippen LogP contribution < -0.4 is 0 Å². The summed E-state index contributed by atoms with van der Waals surface area (Å²) >= 11 is 0. The van der Waals surface area contributed by atoms with Crippen molar-refractivity contribution >= 4 is 23.3 Å². The Morgan fingerprint density at radius 3 is 2.00 bits per heavy atom. The maximum absolute atomic E-state index is 14.0. The Labute approximate surface area is 211 Å². The number of esters is 1. The van der Waals surface area contributed by atoms with Crippen molar-refractivity contribution in [2.75, 3.05) is 13.7 Å². The number of carbonyl (C=O) groups excluding carboxylic acids is 2. The number of methoxy groups -OCH3 is 1. The summed E-state index contributed by atoms with van der Waals surface area (Å²) < 4.78 is 5.07. The molecule has 4 rings (SSSR count). The number of hydrogen-bond donors (Lipinski definition) is 1. The molecule has 3 aromatic carbocycles. The van der Waals surface area contributed by atoms with Crippen LogP contribution in [0.2, 0.25) is 0 Å². The van der Waals surface area contributed by atoms with Gasteiger partial charge in [0.05, 0.1) is 19.2 Å². The minimum Gasteiger partial charge on any atom is -0.506 e. The van der Waals surface area contributed by atoms with Crippen LogP contribution in [0.4, 0.5) is 0 Å². The molecule has 1 aliphatic rings. The number of rotatable bonds is 7. The highest BCUT2D eigenvalue weighted by Gasteiger charge is 2.43. The molecule has 0 saturated carbocycles. The fourth-order valence-electron chi connectivity index (χ4n) is 4.63. The van der Waals surface area contributed by atoms with Crippen LogP contribution in [0.1, 0.15) is 36.0 Å². The fraction of sp³-hybridized carbons (Fsp3) is 0.233. The summed E-state index contributed by atoms with van der Waals surface area (Å²) in [7, 11) is 1.34. The second-order valence-corrected chi connectivity index (χ2v) is 8.87. The third-order valence-electron chi connectivity index (χ3n) is 6.62. The molecule has 0 unspecified atom stereocenters. The predicted octanol–water partition coefficient (Wildman–Crippen LogP) is 5.23. The number of carbonyl (C=O) groups is 2. The highest BCUT2D eigenvalue weighted by Crippen LogP contribution is 2.33. The zero-order chi connectivity index (χ0) is 25.5. The van der Waals surface area contributed by atoms with Crippen LogP contribution >= 0.6 is 0 Å². The van der Waals surface area contributed by atoms with Gasteiger partial charge in [-0.3, -0.25) is 9.79 Å². The largest absolute Gasteiger partial charge is 0.506 e. The van der Waals surface area contributed by atoms with E-state index >= 15 is 0 Å². The molecule has 3 aromatic rings. The molecule has 36 heavy (non-hydrogen) atoms. The van der Waals surface area contributed by atoms with Gasteiger partial charge >= 0.3 is 5.97 Å².